The van der Waals surface area contributed by atoms with Crippen molar-refractivity contribution in [2.24, 2.45) is 5.92 Å². The molecule has 1 saturated carbocycles. The van der Waals surface area contributed by atoms with Gasteiger partial charge in [0.1, 0.15) is 0 Å². The van der Waals surface area contributed by atoms with E-state index in [2.05, 4.69) is 24.4 Å². The number of hydrogen-bond donors (Lipinski definition) is 2. The number of nitrogens with one attached hydrogen (secondary N) is 1. The number of carboxylic acid groups (broad SMARTS) is 1. The van der Waals surface area contributed by atoms with Crippen molar-refractivity contribution in [3.05, 3.63) is 64.2 Å². The zero-order valence-electron chi connectivity index (χ0n) is 14.1. The van der Waals surface area contributed by atoms with Gasteiger partial charge in [0, 0.05) is 11.6 Å². The van der Waals surface area contributed by atoms with Crippen LogP contribution in [0.15, 0.2) is 36.4 Å². The Morgan fingerprint density at radius 1 is 1.04 bits per heavy atom. The van der Waals surface area contributed by atoms with E-state index in [1.807, 2.05) is 19.1 Å². The third kappa shape index (κ3) is 3.04. The Morgan fingerprint density at radius 2 is 1.75 bits per heavy atom. The van der Waals surface area contributed by atoms with Crippen LogP contribution in [0.1, 0.15) is 45.0 Å². The van der Waals surface area contributed by atoms with Crippen LogP contribution in [0.5, 0.6) is 0 Å². The molecule has 0 radical (unpaired) electrons. The minimum absolute atomic E-state index is 0.0356. The molecule has 2 aromatic carbocycles. The monoisotopic (exact) mass is 323 g/mol. The summed E-state index contributed by atoms with van der Waals surface area (Å²) in [7, 11) is 0. The van der Waals surface area contributed by atoms with Crippen molar-refractivity contribution in [2.75, 3.05) is 5.32 Å². The Balaban J connectivity index is 1.76. The molecule has 0 saturated heterocycles. The van der Waals surface area contributed by atoms with E-state index in [0.717, 1.165) is 12.0 Å². The van der Waals surface area contributed by atoms with Crippen molar-refractivity contribution >= 4 is 17.6 Å². The summed E-state index contributed by atoms with van der Waals surface area (Å²) in [5, 5.41) is 12.2. The highest BCUT2D eigenvalue weighted by Gasteiger charge is 2.44. The minimum atomic E-state index is -0.979. The Labute approximate surface area is 141 Å². The van der Waals surface area contributed by atoms with Gasteiger partial charge in [-0.1, -0.05) is 30.3 Å². The summed E-state index contributed by atoms with van der Waals surface area (Å²) in [5.41, 5.74) is 4.81. The fourth-order valence-corrected chi connectivity index (χ4v) is 3.27. The van der Waals surface area contributed by atoms with Crippen molar-refractivity contribution in [2.45, 2.75) is 33.1 Å². The summed E-state index contributed by atoms with van der Waals surface area (Å²) >= 11 is 0. The first-order chi connectivity index (χ1) is 11.4. The highest BCUT2D eigenvalue weighted by atomic mass is 16.4. The fraction of sp³-hybridized carbons (Fsp3) is 0.300. The van der Waals surface area contributed by atoms with Crippen LogP contribution >= 0.6 is 0 Å². The summed E-state index contributed by atoms with van der Waals surface area (Å²) in [5.74, 6) is -0.797. The van der Waals surface area contributed by atoms with E-state index in [1.54, 1.807) is 19.1 Å². The molecule has 0 aliphatic heterocycles. The lowest BCUT2D eigenvalue weighted by atomic mass is 10.0. The number of aromatic carboxylic acids is 1. The number of amides is 1. The SMILES string of the molecule is Cc1cc(C)c(C(=O)O)cc1NC(=O)C1CC1c1ccccc1C. The normalized spacial score (nSPS) is 19.0. The van der Waals surface area contributed by atoms with Gasteiger partial charge in [0.15, 0.2) is 0 Å². The van der Waals surface area contributed by atoms with Gasteiger partial charge in [0.05, 0.1) is 5.56 Å². The molecule has 0 bridgehead atoms. The van der Waals surface area contributed by atoms with E-state index in [0.29, 0.717) is 11.3 Å². The second kappa shape index (κ2) is 6.11. The van der Waals surface area contributed by atoms with Crippen molar-refractivity contribution in [3.63, 3.8) is 0 Å². The zero-order valence-corrected chi connectivity index (χ0v) is 14.1. The van der Waals surface area contributed by atoms with Gasteiger partial charge in [0.2, 0.25) is 5.91 Å². The Bertz CT molecular complexity index is 826. The molecule has 0 spiro atoms. The van der Waals surface area contributed by atoms with Crippen molar-refractivity contribution < 1.29 is 14.7 Å². The number of hydrogen-bond acceptors (Lipinski definition) is 2. The molecule has 2 aromatic rings. The van der Waals surface area contributed by atoms with E-state index in [4.69, 9.17) is 0 Å². The molecule has 124 valence electrons. The molecule has 1 aliphatic rings. The van der Waals surface area contributed by atoms with Gasteiger partial charge in [0.25, 0.3) is 0 Å². The van der Waals surface area contributed by atoms with Gasteiger partial charge < -0.3 is 10.4 Å². The van der Waals surface area contributed by atoms with Gasteiger partial charge >= 0.3 is 5.97 Å². The molecule has 4 nitrogen and oxygen atoms in total. The van der Waals surface area contributed by atoms with Crippen molar-refractivity contribution in [1.82, 2.24) is 0 Å². The summed E-state index contributed by atoms with van der Waals surface area (Å²) in [6, 6.07) is 11.5. The number of carboxylic acids is 1. The van der Waals surface area contributed by atoms with Crippen LogP contribution in [0.25, 0.3) is 0 Å². The predicted octanol–water partition coefficient (Wildman–Crippen LogP) is 4.05. The van der Waals surface area contributed by atoms with Crippen LogP contribution in [0.4, 0.5) is 5.69 Å². The van der Waals surface area contributed by atoms with Gasteiger partial charge in [-0.3, -0.25) is 4.79 Å². The van der Waals surface area contributed by atoms with E-state index in [9.17, 15) is 14.7 Å². The quantitative estimate of drug-likeness (QED) is 0.892. The highest BCUT2D eigenvalue weighted by molar-refractivity contribution is 5.98. The van der Waals surface area contributed by atoms with Crippen LogP contribution in [0.2, 0.25) is 0 Å². The van der Waals surface area contributed by atoms with E-state index < -0.39 is 5.97 Å². The molecule has 1 amide bonds. The minimum Gasteiger partial charge on any atom is -0.478 e. The first-order valence-electron chi connectivity index (χ1n) is 8.09. The number of anilines is 1. The lowest BCUT2D eigenvalue weighted by molar-refractivity contribution is -0.117. The van der Waals surface area contributed by atoms with Gasteiger partial charge in [-0.05, 0) is 61.4 Å². The Hall–Kier alpha value is -2.62. The zero-order chi connectivity index (χ0) is 17.4. The fourth-order valence-electron chi connectivity index (χ4n) is 3.27. The maximum Gasteiger partial charge on any atom is 0.336 e. The van der Waals surface area contributed by atoms with Crippen molar-refractivity contribution in [3.8, 4) is 0 Å². The summed E-state index contributed by atoms with van der Waals surface area (Å²) in [4.78, 5) is 23.8. The average molecular weight is 323 g/mol. The smallest absolute Gasteiger partial charge is 0.336 e. The van der Waals surface area contributed by atoms with E-state index in [-0.39, 0.29) is 23.3 Å². The first-order valence-corrected chi connectivity index (χ1v) is 8.09. The van der Waals surface area contributed by atoms with Crippen LogP contribution in [0.3, 0.4) is 0 Å². The summed E-state index contributed by atoms with van der Waals surface area (Å²) < 4.78 is 0. The van der Waals surface area contributed by atoms with Gasteiger partial charge in [-0.25, -0.2) is 4.79 Å². The Morgan fingerprint density at radius 3 is 2.42 bits per heavy atom. The lowest BCUT2D eigenvalue weighted by Crippen LogP contribution is -2.16. The molecule has 2 unspecified atom stereocenters. The predicted molar refractivity (Wildman–Crippen MR) is 93.5 cm³/mol. The molecule has 1 aliphatic carbocycles. The molecular formula is C20H21NO3. The van der Waals surface area contributed by atoms with Crippen LogP contribution < -0.4 is 5.32 Å². The molecule has 2 atom stereocenters. The largest absolute Gasteiger partial charge is 0.478 e. The second-order valence-corrected chi connectivity index (χ2v) is 6.58. The Kier molecular flexibility index (Phi) is 4.14. The average Bonchev–Trinajstić information content (AvgIpc) is 3.30. The third-order valence-electron chi connectivity index (χ3n) is 4.77. The maximum atomic E-state index is 12.5. The number of carbonyl (C=O) groups excluding carboxylic acids is 1. The van der Waals surface area contributed by atoms with Crippen LogP contribution in [-0.2, 0) is 4.79 Å². The van der Waals surface area contributed by atoms with Crippen molar-refractivity contribution in [1.29, 1.82) is 0 Å². The van der Waals surface area contributed by atoms with Crippen LogP contribution in [-0.4, -0.2) is 17.0 Å². The first kappa shape index (κ1) is 16.2. The lowest BCUT2D eigenvalue weighted by Gasteiger charge is -2.12. The molecule has 2 N–H and O–H groups in total. The number of rotatable bonds is 4. The molecule has 4 heteroatoms. The highest BCUT2D eigenvalue weighted by Crippen LogP contribution is 2.49. The second-order valence-electron chi connectivity index (χ2n) is 6.58. The van der Waals surface area contributed by atoms with Gasteiger partial charge in [-0.15, -0.1) is 0 Å². The summed E-state index contributed by atoms with van der Waals surface area (Å²) in [6.45, 7) is 5.70. The standard InChI is InChI=1S/C20H21NO3/c1-11-6-4-5-7-14(11)16-9-17(16)19(22)21-18-10-15(20(23)24)12(2)8-13(18)3/h4-8,10,16-17H,9H2,1-3H3,(H,21,22)(H,23,24). The van der Waals surface area contributed by atoms with Gasteiger partial charge in [-0.2, -0.15) is 0 Å². The van der Waals surface area contributed by atoms with Crippen LogP contribution in [0, 0.1) is 26.7 Å². The van der Waals surface area contributed by atoms with E-state index >= 15 is 0 Å². The molecule has 3 rings (SSSR count). The molecule has 0 aromatic heterocycles. The number of aryl methyl sites for hydroxylation is 3. The topological polar surface area (TPSA) is 66.4 Å². The molecule has 24 heavy (non-hydrogen) atoms. The molecule has 1 fully saturated rings. The molecule has 0 heterocycles. The molecular weight excluding hydrogens is 302 g/mol. The number of benzene rings is 2. The third-order valence-corrected chi connectivity index (χ3v) is 4.77. The summed E-state index contributed by atoms with van der Waals surface area (Å²) in [6.07, 6.45) is 0.841. The number of carbonyl (C=O) groups is 2. The maximum absolute atomic E-state index is 12.5. The van der Waals surface area contributed by atoms with E-state index in [1.165, 1.54) is 11.1 Å².